The molecule has 3 rings (SSSR count). The van der Waals surface area contributed by atoms with Crippen molar-refractivity contribution < 1.29 is 32.5 Å². The maximum Gasteiger partial charge on any atom is 0.261 e. The molecule has 0 spiro atoms. The molecule has 3 aromatic carbocycles. The summed E-state index contributed by atoms with van der Waals surface area (Å²) in [5, 5.41) is 10.7. The number of methoxy groups -OCH3 is 4. The van der Waals surface area contributed by atoms with Gasteiger partial charge in [0.25, 0.3) is 10.0 Å². The quantitative estimate of drug-likeness (QED) is 0.310. The summed E-state index contributed by atoms with van der Waals surface area (Å²) < 4.78 is 49.6. The molecule has 0 aliphatic heterocycles. The Labute approximate surface area is 203 Å². The van der Waals surface area contributed by atoms with Gasteiger partial charge in [0.05, 0.1) is 39.0 Å². The van der Waals surface area contributed by atoms with E-state index in [4.69, 9.17) is 30.5 Å². The van der Waals surface area contributed by atoms with E-state index >= 15 is 0 Å². The number of halogens is 1. The molecule has 8 nitrogen and oxygen atoms in total. The number of aromatic hydroxyl groups is 1. The van der Waals surface area contributed by atoms with Gasteiger partial charge in [0.15, 0.2) is 23.0 Å². The van der Waals surface area contributed by atoms with E-state index in [-0.39, 0.29) is 22.1 Å². The lowest BCUT2D eigenvalue weighted by Gasteiger charge is -2.14. The monoisotopic (exact) mass is 505 g/mol. The zero-order valence-corrected chi connectivity index (χ0v) is 20.5. The zero-order chi connectivity index (χ0) is 24.9. The number of nitrogens with one attached hydrogen (secondary N) is 1. The van der Waals surface area contributed by atoms with Crippen molar-refractivity contribution >= 4 is 39.5 Å². The molecule has 0 atom stereocenters. The number of sulfonamides is 1. The first kappa shape index (κ1) is 25.1. The molecular formula is C24H24ClNO7S. The Bertz CT molecular complexity index is 1280. The summed E-state index contributed by atoms with van der Waals surface area (Å²) in [4.78, 5) is 0.0310. The van der Waals surface area contributed by atoms with Crippen molar-refractivity contribution in [3.8, 4) is 28.7 Å². The minimum absolute atomic E-state index is 0.0310. The molecule has 180 valence electrons. The maximum atomic E-state index is 12.9. The molecular weight excluding hydrogens is 482 g/mol. The van der Waals surface area contributed by atoms with Gasteiger partial charge in [-0.05, 0) is 48.0 Å². The molecule has 0 bridgehead atoms. The third-order valence-electron chi connectivity index (χ3n) is 4.86. The molecule has 2 N–H and O–H groups in total. The number of anilines is 1. The van der Waals surface area contributed by atoms with E-state index in [9.17, 15) is 13.5 Å². The molecule has 0 aromatic heterocycles. The van der Waals surface area contributed by atoms with Crippen LogP contribution in [0, 0.1) is 0 Å². The van der Waals surface area contributed by atoms with Crippen LogP contribution >= 0.6 is 11.6 Å². The number of ether oxygens (including phenoxy) is 4. The lowest BCUT2D eigenvalue weighted by atomic mass is 10.1. The predicted molar refractivity (Wildman–Crippen MR) is 132 cm³/mol. The molecule has 0 aliphatic carbocycles. The second-order valence-electron chi connectivity index (χ2n) is 6.96. The van der Waals surface area contributed by atoms with Gasteiger partial charge in [-0.3, -0.25) is 4.72 Å². The smallest absolute Gasteiger partial charge is 0.261 e. The van der Waals surface area contributed by atoms with E-state index in [1.165, 1.54) is 64.8 Å². The number of rotatable bonds is 9. The molecule has 10 heteroatoms. The van der Waals surface area contributed by atoms with Gasteiger partial charge >= 0.3 is 0 Å². The highest BCUT2D eigenvalue weighted by atomic mass is 35.5. The summed E-state index contributed by atoms with van der Waals surface area (Å²) in [7, 11) is 1.96. The van der Waals surface area contributed by atoms with E-state index in [2.05, 4.69) is 4.72 Å². The Morgan fingerprint density at radius 3 is 1.94 bits per heavy atom. The van der Waals surface area contributed by atoms with Crippen LogP contribution in [0.1, 0.15) is 11.1 Å². The third kappa shape index (κ3) is 5.49. The van der Waals surface area contributed by atoms with Crippen molar-refractivity contribution in [2.45, 2.75) is 4.90 Å². The Hall–Kier alpha value is -3.56. The first-order chi connectivity index (χ1) is 16.2. The first-order valence-electron chi connectivity index (χ1n) is 9.90. The summed E-state index contributed by atoms with van der Waals surface area (Å²) in [5.74, 6) is 1.33. The van der Waals surface area contributed by atoms with Crippen LogP contribution in [0.5, 0.6) is 28.7 Å². The van der Waals surface area contributed by atoms with Gasteiger partial charge in [-0.1, -0.05) is 23.8 Å². The van der Waals surface area contributed by atoms with Crippen LogP contribution in [0.25, 0.3) is 12.2 Å². The molecule has 34 heavy (non-hydrogen) atoms. The van der Waals surface area contributed by atoms with E-state index in [0.717, 1.165) is 0 Å². The summed E-state index contributed by atoms with van der Waals surface area (Å²) in [5.41, 5.74) is 1.29. The molecule has 0 aliphatic rings. The largest absolute Gasteiger partial charge is 0.504 e. The van der Waals surface area contributed by atoms with Crippen LogP contribution in [0.3, 0.4) is 0 Å². The van der Waals surface area contributed by atoms with Crippen molar-refractivity contribution in [3.05, 3.63) is 64.7 Å². The summed E-state index contributed by atoms with van der Waals surface area (Å²) in [6.07, 6.45) is 3.35. The standard InChI is InChI=1S/C24H24ClNO7S/c1-30-21-14-19(26-34(28,29)18-9-7-17(25)8-10-18)16(13-20(21)27)6-5-15-11-22(31-2)24(33-4)23(12-15)32-3/h5-14,26-27H,1-4H3/b6-5-. The second-order valence-corrected chi connectivity index (χ2v) is 9.08. The van der Waals surface area contributed by atoms with Crippen molar-refractivity contribution in [3.63, 3.8) is 0 Å². The number of phenolic OH excluding ortho intramolecular Hbond substituents is 1. The van der Waals surface area contributed by atoms with Gasteiger partial charge in [0.2, 0.25) is 5.75 Å². The van der Waals surface area contributed by atoms with Gasteiger partial charge in [0.1, 0.15) is 0 Å². The van der Waals surface area contributed by atoms with E-state index < -0.39 is 10.0 Å². The van der Waals surface area contributed by atoms with Gasteiger partial charge in [-0.25, -0.2) is 8.42 Å². The third-order valence-corrected chi connectivity index (χ3v) is 6.50. The summed E-state index contributed by atoms with van der Waals surface area (Å²) in [6, 6.07) is 12.0. The minimum Gasteiger partial charge on any atom is -0.504 e. The van der Waals surface area contributed by atoms with Crippen LogP contribution < -0.4 is 23.7 Å². The minimum atomic E-state index is -3.94. The lowest BCUT2D eigenvalue weighted by Crippen LogP contribution is -2.13. The molecule has 3 aromatic rings. The lowest BCUT2D eigenvalue weighted by molar-refractivity contribution is 0.324. The fourth-order valence-corrected chi connectivity index (χ4v) is 4.38. The summed E-state index contributed by atoms with van der Waals surface area (Å²) >= 11 is 5.87. The number of phenols is 1. The molecule has 0 saturated heterocycles. The number of benzene rings is 3. The van der Waals surface area contributed by atoms with Crippen LogP contribution in [-0.4, -0.2) is 42.0 Å². The van der Waals surface area contributed by atoms with Gasteiger partial charge in [-0.2, -0.15) is 0 Å². The van der Waals surface area contributed by atoms with Crippen LogP contribution in [-0.2, 0) is 10.0 Å². The average Bonchev–Trinajstić information content (AvgIpc) is 2.83. The first-order valence-corrected chi connectivity index (χ1v) is 11.8. The fraction of sp³-hybridized carbons (Fsp3) is 0.167. The molecule has 0 heterocycles. The van der Waals surface area contributed by atoms with Gasteiger partial charge in [-0.15, -0.1) is 0 Å². The van der Waals surface area contributed by atoms with Gasteiger partial charge in [0, 0.05) is 16.7 Å². The molecule has 0 saturated carbocycles. The van der Waals surface area contributed by atoms with Crippen LogP contribution in [0.15, 0.2) is 53.4 Å². The van der Waals surface area contributed by atoms with E-state index in [0.29, 0.717) is 33.4 Å². The van der Waals surface area contributed by atoms with E-state index in [1.54, 1.807) is 24.3 Å². The van der Waals surface area contributed by atoms with Crippen molar-refractivity contribution in [2.24, 2.45) is 0 Å². The molecule has 0 amide bonds. The molecule has 0 radical (unpaired) electrons. The topological polar surface area (TPSA) is 103 Å². The van der Waals surface area contributed by atoms with Crippen molar-refractivity contribution in [2.75, 3.05) is 33.2 Å². The van der Waals surface area contributed by atoms with Crippen LogP contribution in [0.4, 0.5) is 5.69 Å². The Morgan fingerprint density at radius 2 is 1.41 bits per heavy atom. The second kappa shape index (κ2) is 10.6. The normalized spacial score (nSPS) is 11.3. The highest BCUT2D eigenvalue weighted by Gasteiger charge is 2.18. The highest BCUT2D eigenvalue weighted by Crippen LogP contribution is 2.39. The number of hydrogen-bond donors (Lipinski definition) is 2. The number of hydrogen-bond acceptors (Lipinski definition) is 7. The zero-order valence-electron chi connectivity index (χ0n) is 19.0. The Kier molecular flexibility index (Phi) is 7.80. The predicted octanol–water partition coefficient (Wildman–Crippen LogP) is 5.05. The molecule has 0 fully saturated rings. The van der Waals surface area contributed by atoms with E-state index in [1.807, 2.05) is 0 Å². The Morgan fingerprint density at radius 1 is 0.824 bits per heavy atom. The van der Waals surface area contributed by atoms with Gasteiger partial charge < -0.3 is 24.1 Å². The van der Waals surface area contributed by atoms with Crippen LogP contribution in [0.2, 0.25) is 5.02 Å². The highest BCUT2D eigenvalue weighted by molar-refractivity contribution is 7.92. The average molecular weight is 506 g/mol. The fourth-order valence-electron chi connectivity index (χ4n) is 3.18. The SMILES string of the molecule is COc1cc(NS(=O)(=O)c2ccc(Cl)cc2)c(/C=C\c2cc(OC)c(OC)c(OC)c2)cc1O. The maximum absolute atomic E-state index is 12.9. The van der Waals surface area contributed by atoms with Crippen molar-refractivity contribution in [1.29, 1.82) is 0 Å². The Balaban J connectivity index is 2.04. The van der Waals surface area contributed by atoms with Crippen molar-refractivity contribution in [1.82, 2.24) is 0 Å². The summed E-state index contributed by atoms with van der Waals surface area (Å²) in [6.45, 7) is 0. The molecule has 0 unspecified atom stereocenters.